The van der Waals surface area contributed by atoms with Crippen LogP contribution in [0.1, 0.15) is 16.7 Å². The number of hydrogen-bond donors (Lipinski definition) is 1. The molecule has 0 saturated heterocycles. The molecule has 40 heavy (non-hydrogen) atoms. The Bertz CT molecular complexity index is 1990. The minimum absolute atomic E-state index is 0.213. The summed E-state index contributed by atoms with van der Waals surface area (Å²) in [4.78, 5) is 0.213. The molecule has 0 bridgehead atoms. The Labute approximate surface area is 234 Å². The van der Waals surface area contributed by atoms with Crippen LogP contribution < -0.4 is 9.46 Å². The van der Waals surface area contributed by atoms with Gasteiger partial charge >= 0.3 is 0 Å². The summed E-state index contributed by atoms with van der Waals surface area (Å²) in [5.74, 6) is 0.722. The monoisotopic (exact) mass is 546 g/mol. The number of aryl methyl sites for hydroxylation is 2. The van der Waals surface area contributed by atoms with Crippen LogP contribution in [0.4, 0.5) is 5.69 Å². The average molecular weight is 547 g/mol. The van der Waals surface area contributed by atoms with E-state index in [0.717, 1.165) is 61.1 Å². The molecule has 0 saturated carbocycles. The van der Waals surface area contributed by atoms with Crippen LogP contribution in [0.5, 0.6) is 5.75 Å². The highest BCUT2D eigenvalue weighted by Gasteiger charge is 2.24. The number of hydrogen-bond acceptors (Lipinski definition) is 3. The van der Waals surface area contributed by atoms with Crippen molar-refractivity contribution < 1.29 is 13.2 Å². The van der Waals surface area contributed by atoms with Crippen molar-refractivity contribution in [1.29, 1.82) is 0 Å². The topological polar surface area (TPSA) is 60.3 Å². The lowest BCUT2D eigenvalue weighted by Gasteiger charge is -2.21. The molecule has 200 valence electrons. The fraction of sp³-hybridized carbons (Fsp3) is 0.118. The van der Waals surface area contributed by atoms with Crippen molar-refractivity contribution >= 4 is 37.5 Å². The second-order valence-corrected chi connectivity index (χ2v) is 11.8. The van der Waals surface area contributed by atoms with Crippen LogP contribution in [0.25, 0.3) is 38.6 Å². The molecule has 0 aliphatic carbocycles. The van der Waals surface area contributed by atoms with Crippen molar-refractivity contribution in [3.63, 3.8) is 0 Å². The second-order valence-electron chi connectivity index (χ2n) is 10.1. The highest BCUT2D eigenvalue weighted by atomic mass is 32.2. The fourth-order valence-electron chi connectivity index (χ4n) is 5.58. The van der Waals surface area contributed by atoms with E-state index < -0.39 is 10.0 Å². The van der Waals surface area contributed by atoms with E-state index in [2.05, 4.69) is 51.8 Å². The molecule has 0 radical (unpaired) electrons. The van der Waals surface area contributed by atoms with Gasteiger partial charge in [0.15, 0.2) is 0 Å². The van der Waals surface area contributed by atoms with E-state index in [0.29, 0.717) is 5.69 Å². The Hall–Kier alpha value is -4.55. The molecule has 0 fully saturated rings. The SMILES string of the molecule is COc1c(C)cc(NS(=O)(=O)c2ccc(C)cc2)c(-n2c3ccccc3c3cc(-c4ccccc4)ccc32)c1C. The molecule has 6 aromatic rings. The van der Waals surface area contributed by atoms with Crippen LogP contribution in [0, 0.1) is 20.8 Å². The van der Waals surface area contributed by atoms with Gasteiger partial charge in [-0.3, -0.25) is 4.72 Å². The molecular weight excluding hydrogens is 516 g/mol. The van der Waals surface area contributed by atoms with Crippen molar-refractivity contribution in [2.24, 2.45) is 0 Å². The number of benzene rings is 5. The van der Waals surface area contributed by atoms with E-state index in [1.807, 2.05) is 57.2 Å². The zero-order chi connectivity index (χ0) is 28.0. The molecule has 1 N–H and O–H groups in total. The number of anilines is 1. The maximum Gasteiger partial charge on any atom is 0.261 e. The molecule has 6 rings (SSSR count). The van der Waals surface area contributed by atoms with Gasteiger partial charge in [0.2, 0.25) is 0 Å². The quantitative estimate of drug-likeness (QED) is 0.229. The van der Waals surface area contributed by atoms with Crippen molar-refractivity contribution in [3.05, 3.63) is 120 Å². The van der Waals surface area contributed by atoms with Gasteiger partial charge in [-0.15, -0.1) is 0 Å². The van der Waals surface area contributed by atoms with Crippen molar-refractivity contribution in [2.75, 3.05) is 11.8 Å². The second kappa shape index (κ2) is 9.88. The van der Waals surface area contributed by atoms with Crippen LogP contribution in [0.15, 0.2) is 108 Å². The lowest BCUT2D eigenvalue weighted by Crippen LogP contribution is -2.16. The lowest BCUT2D eigenvalue weighted by molar-refractivity contribution is 0.408. The van der Waals surface area contributed by atoms with Crippen LogP contribution in [0.3, 0.4) is 0 Å². The molecule has 0 unspecified atom stereocenters. The van der Waals surface area contributed by atoms with Crippen LogP contribution in [0.2, 0.25) is 0 Å². The maximum atomic E-state index is 13.6. The largest absolute Gasteiger partial charge is 0.496 e. The average Bonchev–Trinajstić information content (AvgIpc) is 3.27. The van der Waals surface area contributed by atoms with Crippen molar-refractivity contribution in [2.45, 2.75) is 25.7 Å². The van der Waals surface area contributed by atoms with Crippen LogP contribution in [-0.4, -0.2) is 20.1 Å². The third-order valence-electron chi connectivity index (χ3n) is 7.45. The number of fused-ring (bicyclic) bond motifs is 3. The summed E-state index contributed by atoms with van der Waals surface area (Å²) in [6.07, 6.45) is 0. The summed E-state index contributed by atoms with van der Waals surface area (Å²) in [5.41, 5.74) is 8.13. The normalized spacial score (nSPS) is 11.7. The fourth-order valence-corrected chi connectivity index (χ4v) is 6.64. The molecule has 0 amide bonds. The first-order chi connectivity index (χ1) is 19.3. The summed E-state index contributed by atoms with van der Waals surface area (Å²) < 4.78 is 38.0. The highest BCUT2D eigenvalue weighted by molar-refractivity contribution is 7.92. The van der Waals surface area contributed by atoms with Gasteiger partial charge in [0.1, 0.15) is 5.75 Å². The van der Waals surface area contributed by atoms with E-state index in [4.69, 9.17) is 4.74 Å². The molecule has 5 aromatic carbocycles. The number of para-hydroxylation sites is 1. The molecule has 0 aliphatic heterocycles. The smallest absolute Gasteiger partial charge is 0.261 e. The van der Waals surface area contributed by atoms with E-state index in [-0.39, 0.29) is 4.90 Å². The van der Waals surface area contributed by atoms with Crippen molar-refractivity contribution in [1.82, 2.24) is 4.57 Å². The molecular formula is C34H30N2O3S. The Morgan fingerprint density at radius 3 is 2.10 bits per heavy atom. The Kier molecular flexibility index (Phi) is 6.35. The van der Waals surface area contributed by atoms with Crippen molar-refractivity contribution in [3.8, 4) is 22.6 Å². The zero-order valence-electron chi connectivity index (χ0n) is 22.9. The van der Waals surface area contributed by atoms with E-state index in [1.165, 1.54) is 0 Å². The minimum Gasteiger partial charge on any atom is -0.496 e. The third-order valence-corrected chi connectivity index (χ3v) is 8.83. The van der Waals surface area contributed by atoms with Gasteiger partial charge < -0.3 is 9.30 Å². The first-order valence-corrected chi connectivity index (χ1v) is 14.6. The number of aromatic nitrogens is 1. The summed E-state index contributed by atoms with van der Waals surface area (Å²) in [6, 6.07) is 33.7. The van der Waals surface area contributed by atoms with Crippen LogP contribution >= 0.6 is 0 Å². The molecule has 5 nitrogen and oxygen atoms in total. The molecule has 0 aliphatic rings. The minimum atomic E-state index is -3.85. The van der Waals surface area contributed by atoms with E-state index >= 15 is 0 Å². The number of sulfonamides is 1. The first kappa shape index (κ1) is 25.7. The van der Waals surface area contributed by atoms with E-state index in [1.54, 1.807) is 31.4 Å². The number of ether oxygens (including phenoxy) is 1. The first-order valence-electron chi connectivity index (χ1n) is 13.1. The predicted molar refractivity (Wildman–Crippen MR) is 164 cm³/mol. The Morgan fingerprint density at radius 2 is 1.38 bits per heavy atom. The maximum absolute atomic E-state index is 13.6. The van der Waals surface area contributed by atoms with Gasteiger partial charge in [-0.25, -0.2) is 8.42 Å². The standard InChI is InChI=1S/C34H30N2O3S/c1-22-14-17-27(18-15-22)40(37,38)35-30-20-23(2)34(39-4)24(3)33(30)36-31-13-9-8-12-28(31)29-21-26(16-19-32(29)36)25-10-6-5-7-11-25/h5-21,35H,1-4H3. The number of methoxy groups -OCH3 is 1. The van der Waals surface area contributed by atoms with Crippen LogP contribution in [-0.2, 0) is 10.0 Å². The van der Waals surface area contributed by atoms with Gasteiger partial charge in [0, 0.05) is 16.3 Å². The highest BCUT2D eigenvalue weighted by Crippen LogP contribution is 2.42. The number of nitrogens with one attached hydrogen (secondary N) is 1. The van der Waals surface area contributed by atoms with Gasteiger partial charge in [-0.2, -0.15) is 0 Å². The zero-order valence-corrected chi connectivity index (χ0v) is 23.7. The molecule has 0 spiro atoms. The number of nitrogens with zero attached hydrogens (tertiary/aromatic N) is 1. The van der Waals surface area contributed by atoms with Gasteiger partial charge in [0.25, 0.3) is 10.0 Å². The molecule has 6 heteroatoms. The van der Waals surface area contributed by atoms with Gasteiger partial charge in [0.05, 0.1) is 34.4 Å². The Morgan fingerprint density at radius 1 is 0.700 bits per heavy atom. The van der Waals surface area contributed by atoms with Gasteiger partial charge in [-0.1, -0.05) is 72.3 Å². The summed E-state index contributed by atoms with van der Waals surface area (Å²) in [6.45, 7) is 5.84. The summed E-state index contributed by atoms with van der Waals surface area (Å²) in [5, 5.41) is 2.17. The Balaban J connectivity index is 1.63. The summed E-state index contributed by atoms with van der Waals surface area (Å²) in [7, 11) is -2.20. The van der Waals surface area contributed by atoms with E-state index in [9.17, 15) is 8.42 Å². The predicted octanol–water partition coefficient (Wildman–Crippen LogP) is 8.19. The molecule has 0 atom stereocenters. The van der Waals surface area contributed by atoms with Gasteiger partial charge in [-0.05, 0) is 73.9 Å². The summed E-state index contributed by atoms with van der Waals surface area (Å²) >= 11 is 0. The third kappa shape index (κ3) is 4.31. The molecule has 1 heterocycles. The molecule has 1 aromatic heterocycles. The lowest BCUT2D eigenvalue weighted by atomic mass is 10.0. The number of rotatable bonds is 6.